The van der Waals surface area contributed by atoms with Crippen LogP contribution in [-0.2, 0) is 6.54 Å². The molecule has 0 saturated heterocycles. The predicted molar refractivity (Wildman–Crippen MR) is 65.7 cm³/mol. The van der Waals surface area contributed by atoms with Crippen molar-refractivity contribution in [2.45, 2.75) is 26.4 Å². The number of nitrogens with one attached hydrogen (secondary N) is 1. The molecule has 0 saturated carbocycles. The molecular formula is C12H14ClN3O. The van der Waals surface area contributed by atoms with Crippen LogP contribution in [0.5, 0.6) is 0 Å². The van der Waals surface area contributed by atoms with Gasteiger partial charge in [0.25, 0.3) is 0 Å². The summed E-state index contributed by atoms with van der Waals surface area (Å²) in [4.78, 5) is 0. The van der Waals surface area contributed by atoms with Gasteiger partial charge in [0, 0.05) is 18.0 Å². The Balaban J connectivity index is 1.93. The lowest BCUT2D eigenvalue weighted by atomic mass is 10.1. The van der Waals surface area contributed by atoms with Crippen LogP contribution in [0.4, 0.5) is 0 Å². The van der Waals surface area contributed by atoms with Crippen molar-refractivity contribution in [2.75, 3.05) is 0 Å². The highest BCUT2D eigenvalue weighted by Crippen LogP contribution is 2.16. The van der Waals surface area contributed by atoms with E-state index in [1.165, 1.54) is 5.56 Å². The van der Waals surface area contributed by atoms with E-state index in [2.05, 4.69) is 22.4 Å². The van der Waals surface area contributed by atoms with E-state index >= 15 is 0 Å². The van der Waals surface area contributed by atoms with E-state index in [4.69, 9.17) is 16.0 Å². The van der Waals surface area contributed by atoms with Gasteiger partial charge in [-0.25, -0.2) is 0 Å². The minimum atomic E-state index is 0.208. The zero-order valence-corrected chi connectivity index (χ0v) is 10.5. The van der Waals surface area contributed by atoms with E-state index in [0.29, 0.717) is 18.3 Å². The van der Waals surface area contributed by atoms with Gasteiger partial charge in [-0.3, -0.25) is 0 Å². The minimum Gasteiger partial charge on any atom is -0.424 e. The van der Waals surface area contributed by atoms with Crippen molar-refractivity contribution < 1.29 is 4.42 Å². The van der Waals surface area contributed by atoms with Gasteiger partial charge < -0.3 is 9.73 Å². The van der Waals surface area contributed by atoms with Gasteiger partial charge in [-0.1, -0.05) is 23.7 Å². The number of hydrogen-bond donors (Lipinski definition) is 1. The normalized spacial score (nSPS) is 12.6. The lowest BCUT2D eigenvalue weighted by molar-refractivity contribution is 0.430. The lowest BCUT2D eigenvalue weighted by Gasteiger charge is -2.12. The Hall–Kier alpha value is -1.39. The molecule has 90 valence electrons. The Morgan fingerprint density at radius 3 is 2.59 bits per heavy atom. The quantitative estimate of drug-likeness (QED) is 0.908. The van der Waals surface area contributed by atoms with Crippen molar-refractivity contribution in [3.05, 3.63) is 46.6 Å². The van der Waals surface area contributed by atoms with Gasteiger partial charge in [-0.2, -0.15) is 0 Å². The van der Waals surface area contributed by atoms with E-state index in [1.54, 1.807) is 6.92 Å². The average molecular weight is 252 g/mol. The highest BCUT2D eigenvalue weighted by molar-refractivity contribution is 6.30. The van der Waals surface area contributed by atoms with Gasteiger partial charge in [0.05, 0.1) is 6.54 Å². The number of benzene rings is 1. The van der Waals surface area contributed by atoms with Crippen molar-refractivity contribution in [2.24, 2.45) is 0 Å². The van der Waals surface area contributed by atoms with Gasteiger partial charge >= 0.3 is 0 Å². The lowest BCUT2D eigenvalue weighted by Crippen LogP contribution is -2.18. The number of hydrogen-bond acceptors (Lipinski definition) is 4. The Morgan fingerprint density at radius 2 is 2.00 bits per heavy atom. The molecule has 1 N–H and O–H groups in total. The van der Waals surface area contributed by atoms with Gasteiger partial charge in [-0.15, -0.1) is 10.2 Å². The monoisotopic (exact) mass is 251 g/mol. The molecule has 1 aromatic carbocycles. The summed E-state index contributed by atoms with van der Waals surface area (Å²) >= 11 is 5.84. The SMILES string of the molecule is Cc1nnc(CN[C@@H](C)c2ccc(Cl)cc2)o1. The van der Waals surface area contributed by atoms with Crippen molar-refractivity contribution in [1.82, 2.24) is 15.5 Å². The van der Waals surface area contributed by atoms with Crippen LogP contribution < -0.4 is 5.32 Å². The van der Waals surface area contributed by atoms with Crippen LogP contribution in [-0.4, -0.2) is 10.2 Å². The van der Waals surface area contributed by atoms with E-state index in [0.717, 1.165) is 5.02 Å². The van der Waals surface area contributed by atoms with E-state index in [-0.39, 0.29) is 6.04 Å². The summed E-state index contributed by atoms with van der Waals surface area (Å²) in [5, 5.41) is 11.8. The first-order valence-electron chi connectivity index (χ1n) is 5.43. The molecule has 5 heteroatoms. The molecule has 0 fully saturated rings. The largest absolute Gasteiger partial charge is 0.424 e. The molecule has 0 spiro atoms. The molecule has 0 radical (unpaired) electrons. The molecule has 0 aliphatic rings. The maximum atomic E-state index is 5.84. The molecule has 2 aromatic rings. The second-order valence-electron chi connectivity index (χ2n) is 3.87. The van der Waals surface area contributed by atoms with Crippen molar-refractivity contribution in [3.63, 3.8) is 0 Å². The third kappa shape index (κ3) is 3.28. The fraction of sp³-hybridized carbons (Fsp3) is 0.333. The zero-order chi connectivity index (χ0) is 12.3. The van der Waals surface area contributed by atoms with Crippen LogP contribution >= 0.6 is 11.6 Å². The molecule has 0 unspecified atom stereocenters. The fourth-order valence-electron chi connectivity index (χ4n) is 1.52. The molecule has 1 atom stereocenters. The van der Waals surface area contributed by atoms with Crippen LogP contribution in [0.1, 0.15) is 30.3 Å². The zero-order valence-electron chi connectivity index (χ0n) is 9.77. The van der Waals surface area contributed by atoms with Gasteiger partial charge in [-0.05, 0) is 24.6 Å². The Bertz CT molecular complexity index is 481. The van der Waals surface area contributed by atoms with Crippen LogP contribution in [0.2, 0.25) is 5.02 Å². The van der Waals surface area contributed by atoms with Crippen molar-refractivity contribution in [3.8, 4) is 0 Å². The molecule has 17 heavy (non-hydrogen) atoms. The second-order valence-corrected chi connectivity index (χ2v) is 4.31. The number of halogens is 1. The first-order chi connectivity index (χ1) is 8.15. The third-order valence-electron chi connectivity index (χ3n) is 2.50. The summed E-state index contributed by atoms with van der Waals surface area (Å²) in [5.41, 5.74) is 1.17. The average Bonchev–Trinajstić information content (AvgIpc) is 2.73. The summed E-state index contributed by atoms with van der Waals surface area (Å²) in [7, 11) is 0. The van der Waals surface area contributed by atoms with Crippen LogP contribution in [0, 0.1) is 6.92 Å². The van der Waals surface area contributed by atoms with E-state index in [9.17, 15) is 0 Å². The summed E-state index contributed by atoms with van der Waals surface area (Å²) in [5.74, 6) is 1.18. The fourth-order valence-corrected chi connectivity index (χ4v) is 1.64. The standard InChI is InChI=1S/C12H14ClN3O/c1-8(10-3-5-11(13)6-4-10)14-7-12-16-15-9(2)17-12/h3-6,8,14H,7H2,1-2H3/t8-/m0/s1. The number of rotatable bonds is 4. The summed E-state index contributed by atoms with van der Waals surface area (Å²) in [6, 6.07) is 7.97. The molecule has 0 aliphatic heterocycles. The van der Waals surface area contributed by atoms with Gasteiger partial charge in [0.2, 0.25) is 11.8 Å². The molecule has 1 aromatic heterocycles. The first kappa shape index (κ1) is 12.1. The molecule has 0 bridgehead atoms. The topological polar surface area (TPSA) is 51.0 Å². The number of aromatic nitrogens is 2. The van der Waals surface area contributed by atoms with Crippen molar-refractivity contribution in [1.29, 1.82) is 0 Å². The number of aryl methyl sites for hydroxylation is 1. The highest BCUT2D eigenvalue weighted by atomic mass is 35.5. The molecule has 0 aliphatic carbocycles. The van der Waals surface area contributed by atoms with E-state index in [1.807, 2.05) is 24.3 Å². The second kappa shape index (κ2) is 5.29. The molecule has 2 rings (SSSR count). The predicted octanol–water partition coefficient (Wildman–Crippen LogP) is 2.88. The minimum absolute atomic E-state index is 0.208. The summed E-state index contributed by atoms with van der Waals surface area (Å²) in [6.45, 7) is 4.41. The third-order valence-corrected chi connectivity index (χ3v) is 2.75. The molecular weight excluding hydrogens is 238 g/mol. The Morgan fingerprint density at radius 1 is 1.29 bits per heavy atom. The van der Waals surface area contributed by atoms with Crippen LogP contribution in [0.25, 0.3) is 0 Å². The Labute approximate surface area is 105 Å². The van der Waals surface area contributed by atoms with Gasteiger partial charge in [0.1, 0.15) is 0 Å². The Kier molecular flexibility index (Phi) is 3.76. The summed E-state index contributed by atoms with van der Waals surface area (Å²) in [6.07, 6.45) is 0. The first-order valence-corrected chi connectivity index (χ1v) is 5.81. The maximum absolute atomic E-state index is 5.84. The molecule has 4 nitrogen and oxygen atoms in total. The van der Waals surface area contributed by atoms with Crippen molar-refractivity contribution >= 4 is 11.6 Å². The molecule has 0 amide bonds. The summed E-state index contributed by atoms with van der Waals surface area (Å²) < 4.78 is 5.28. The van der Waals surface area contributed by atoms with E-state index < -0.39 is 0 Å². The van der Waals surface area contributed by atoms with Crippen LogP contribution in [0.3, 0.4) is 0 Å². The van der Waals surface area contributed by atoms with Gasteiger partial charge in [0.15, 0.2) is 0 Å². The van der Waals surface area contributed by atoms with Crippen LogP contribution in [0.15, 0.2) is 28.7 Å². The smallest absolute Gasteiger partial charge is 0.230 e. The molecule has 1 heterocycles. The number of nitrogens with zero attached hydrogens (tertiary/aromatic N) is 2. The maximum Gasteiger partial charge on any atom is 0.230 e. The highest BCUT2D eigenvalue weighted by Gasteiger charge is 2.07.